The Hall–Kier alpha value is -2.19. The van der Waals surface area contributed by atoms with Crippen LogP contribution in [0.3, 0.4) is 0 Å². The number of aryl methyl sites for hydroxylation is 1. The highest BCUT2D eigenvalue weighted by atomic mass is 79.9. The van der Waals surface area contributed by atoms with Crippen molar-refractivity contribution in [3.05, 3.63) is 88.4 Å². The molecule has 3 aromatic carbocycles. The zero-order valence-corrected chi connectivity index (χ0v) is 14.6. The van der Waals surface area contributed by atoms with Crippen LogP contribution in [0.25, 0.3) is 10.8 Å². The summed E-state index contributed by atoms with van der Waals surface area (Å²) in [5.74, 6) is 0. The van der Waals surface area contributed by atoms with Gasteiger partial charge in [0.05, 0.1) is 10.9 Å². The van der Waals surface area contributed by atoms with Crippen LogP contribution in [0.4, 0.5) is 5.69 Å². The Labute approximate surface area is 144 Å². The second kappa shape index (κ2) is 5.47. The molecule has 0 N–H and O–H groups in total. The van der Waals surface area contributed by atoms with E-state index >= 15 is 0 Å². The number of benzene rings is 3. The third-order valence-corrected chi connectivity index (χ3v) is 5.11. The SMILES string of the molecule is C=CC[N+]1=C(c2ccc(C)cc2)c2cccc3c(Br)ccc1c23. The minimum atomic E-state index is 0.800. The van der Waals surface area contributed by atoms with E-state index in [-0.39, 0.29) is 0 Å². The predicted octanol–water partition coefficient (Wildman–Crippen LogP) is 5.59. The highest BCUT2D eigenvalue weighted by molar-refractivity contribution is 9.10. The summed E-state index contributed by atoms with van der Waals surface area (Å²) in [4.78, 5) is 0. The first kappa shape index (κ1) is 14.4. The molecule has 1 nitrogen and oxygen atoms in total. The van der Waals surface area contributed by atoms with E-state index in [0.29, 0.717) is 0 Å². The lowest BCUT2D eigenvalue weighted by Crippen LogP contribution is -2.15. The summed E-state index contributed by atoms with van der Waals surface area (Å²) >= 11 is 3.69. The second-order valence-electron chi connectivity index (χ2n) is 5.91. The summed E-state index contributed by atoms with van der Waals surface area (Å²) < 4.78 is 3.50. The van der Waals surface area contributed by atoms with Crippen molar-refractivity contribution in [1.82, 2.24) is 0 Å². The zero-order chi connectivity index (χ0) is 16.0. The molecule has 23 heavy (non-hydrogen) atoms. The average Bonchev–Trinajstić information content (AvgIpc) is 2.87. The lowest BCUT2D eigenvalue weighted by molar-refractivity contribution is -0.423. The first-order valence-corrected chi connectivity index (χ1v) is 8.54. The van der Waals surface area contributed by atoms with Gasteiger partial charge in [-0.15, -0.1) is 0 Å². The van der Waals surface area contributed by atoms with E-state index in [1.54, 1.807) is 0 Å². The van der Waals surface area contributed by atoms with Crippen molar-refractivity contribution in [1.29, 1.82) is 0 Å². The predicted molar refractivity (Wildman–Crippen MR) is 101 cm³/mol. The molecular weight excluding hydrogens is 346 g/mol. The van der Waals surface area contributed by atoms with Crippen molar-refractivity contribution >= 4 is 38.1 Å². The Balaban J connectivity index is 2.07. The fourth-order valence-electron chi connectivity index (χ4n) is 3.38. The van der Waals surface area contributed by atoms with Gasteiger partial charge in [0.25, 0.3) is 0 Å². The van der Waals surface area contributed by atoms with Gasteiger partial charge in [-0.25, -0.2) is 0 Å². The average molecular weight is 363 g/mol. The first-order chi connectivity index (χ1) is 11.2. The quantitative estimate of drug-likeness (QED) is 0.421. The largest absolute Gasteiger partial charge is 0.221 e. The topological polar surface area (TPSA) is 3.01 Å². The van der Waals surface area contributed by atoms with E-state index in [0.717, 1.165) is 11.0 Å². The van der Waals surface area contributed by atoms with Crippen molar-refractivity contribution in [3.8, 4) is 0 Å². The maximum Gasteiger partial charge on any atom is 0.221 e. The standard InChI is InChI=1S/C21H17BrN/c1-3-13-23-19-12-11-18(22)16-5-4-6-17(20(16)19)21(23)15-9-7-14(2)8-10-15/h3-12H,1,13H2,2H3/q+1. The van der Waals surface area contributed by atoms with Gasteiger partial charge in [0, 0.05) is 21.5 Å². The van der Waals surface area contributed by atoms with Crippen molar-refractivity contribution in [2.24, 2.45) is 0 Å². The Bertz CT molecular complexity index is 965. The van der Waals surface area contributed by atoms with Crippen LogP contribution in [-0.2, 0) is 0 Å². The van der Waals surface area contributed by atoms with Crippen molar-refractivity contribution in [2.75, 3.05) is 6.54 Å². The number of hydrogen-bond donors (Lipinski definition) is 0. The van der Waals surface area contributed by atoms with Crippen LogP contribution in [0.2, 0.25) is 0 Å². The first-order valence-electron chi connectivity index (χ1n) is 7.74. The second-order valence-corrected chi connectivity index (χ2v) is 6.76. The molecule has 1 aliphatic heterocycles. The van der Waals surface area contributed by atoms with E-state index in [1.165, 1.54) is 38.9 Å². The summed E-state index contributed by atoms with van der Waals surface area (Å²) in [7, 11) is 0. The molecule has 0 atom stereocenters. The van der Waals surface area contributed by atoms with Crippen molar-refractivity contribution in [2.45, 2.75) is 6.92 Å². The molecule has 4 rings (SSSR count). The maximum atomic E-state index is 3.95. The fourth-order valence-corrected chi connectivity index (χ4v) is 3.84. The monoisotopic (exact) mass is 362 g/mol. The summed E-state index contributed by atoms with van der Waals surface area (Å²) in [6.07, 6.45) is 1.97. The molecule has 1 heterocycles. The lowest BCUT2D eigenvalue weighted by Gasteiger charge is -2.03. The number of rotatable bonds is 3. The number of halogens is 1. The molecule has 2 heteroatoms. The van der Waals surface area contributed by atoms with E-state index in [4.69, 9.17) is 0 Å². The van der Waals surface area contributed by atoms with E-state index < -0.39 is 0 Å². The molecule has 0 saturated heterocycles. The van der Waals surface area contributed by atoms with Crippen LogP contribution in [-0.4, -0.2) is 16.8 Å². The summed E-state index contributed by atoms with van der Waals surface area (Å²) in [6, 6.07) is 19.6. The van der Waals surface area contributed by atoms with Crippen LogP contribution in [0.5, 0.6) is 0 Å². The van der Waals surface area contributed by atoms with Crippen molar-refractivity contribution in [3.63, 3.8) is 0 Å². The van der Waals surface area contributed by atoms with Crippen LogP contribution >= 0.6 is 15.9 Å². The molecule has 0 radical (unpaired) electrons. The third kappa shape index (κ3) is 2.17. The molecule has 112 valence electrons. The Kier molecular flexibility index (Phi) is 3.42. The molecule has 0 saturated carbocycles. The molecule has 0 fully saturated rings. The van der Waals surface area contributed by atoms with Crippen LogP contribution in [0.1, 0.15) is 16.7 Å². The molecule has 0 bridgehead atoms. The van der Waals surface area contributed by atoms with E-state index in [9.17, 15) is 0 Å². The van der Waals surface area contributed by atoms with Gasteiger partial charge in [-0.3, -0.25) is 0 Å². The Morgan fingerprint density at radius 1 is 1.04 bits per heavy atom. The van der Waals surface area contributed by atoms with Gasteiger partial charge in [-0.05, 0) is 37.3 Å². The van der Waals surface area contributed by atoms with Gasteiger partial charge in [0.15, 0.2) is 6.54 Å². The molecular formula is C21H17BrN+. The minimum Gasteiger partial charge on any atom is -0.187 e. The van der Waals surface area contributed by atoms with Gasteiger partial charge >= 0.3 is 0 Å². The van der Waals surface area contributed by atoms with Gasteiger partial charge in [-0.1, -0.05) is 52.3 Å². The van der Waals surface area contributed by atoms with Gasteiger partial charge in [0.2, 0.25) is 11.4 Å². The summed E-state index contributed by atoms with van der Waals surface area (Å²) in [5.41, 5.74) is 6.35. The molecule has 1 aliphatic rings. The van der Waals surface area contributed by atoms with E-state index in [1.807, 2.05) is 6.08 Å². The molecule has 3 aromatic rings. The molecule has 0 spiro atoms. The Morgan fingerprint density at radius 3 is 2.57 bits per heavy atom. The zero-order valence-electron chi connectivity index (χ0n) is 13.0. The lowest BCUT2D eigenvalue weighted by atomic mass is 9.98. The highest BCUT2D eigenvalue weighted by Crippen LogP contribution is 2.39. The Morgan fingerprint density at radius 2 is 1.83 bits per heavy atom. The summed E-state index contributed by atoms with van der Waals surface area (Å²) in [5, 5.41) is 2.58. The van der Waals surface area contributed by atoms with Gasteiger partial charge in [-0.2, -0.15) is 4.58 Å². The minimum absolute atomic E-state index is 0.800. The third-order valence-electron chi connectivity index (χ3n) is 4.42. The molecule has 0 amide bonds. The van der Waals surface area contributed by atoms with Crippen LogP contribution in [0, 0.1) is 6.92 Å². The van der Waals surface area contributed by atoms with Crippen LogP contribution in [0.15, 0.2) is 71.7 Å². The number of nitrogens with zero attached hydrogens (tertiary/aromatic N) is 1. The highest BCUT2D eigenvalue weighted by Gasteiger charge is 2.32. The van der Waals surface area contributed by atoms with Crippen molar-refractivity contribution < 1.29 is 4.58 Å². The summed E-state index contributed by atoms with van der Waals surface area (Å²) in [6.45, 7) is 6.87. The maximum absolute atomic E-state index is 3.95. The molecule has 0 aliphatic carbocycles. The smallest absolute Gasteiger partial charge is 0.187 e. The molecule has 0 aromatic heterocycles. The van der Waals surface area contributed by atoms with Crippen LogP contribution < -0.4 is 0 Å². The van der Waals surface area contributed by atoms with Gasteiger partial charge in [0.1, 0.15) is 0 Å². The molecule has 0 unspecified atom stereocenters. The number of hydrogen-bond acceptors (Lipinski definition) is 0. The normalized spacial score (nSPS) is 13.0. The van der Waals surface area contributed by atoms with E-state index in [2.05, 4.69) is 88.6 Å². The fraction of sp³-hybridized carbons (Fsp3) is 0.0952. The van der Waals surface area contributed by atoms with Gasteiger partial charge < -0.3 is 0 Å².